The van der Waals surface area contributed by atoms with Crippen LogP contribution in [-0.2, 0) is 0 Å². The smallest absolute Gasteiger partial charge is 0.121 e. The van der Waals surface area contributed by atoms with Gasteiger partial charge in [0.25, 0.3) is 0 Å². The van der Waals surface area contributed by atoms with Crippen LogP contribution in [0, 0.1) is 0 Å². The van der Waals surface area contributed by atoms with Crippen LogP contribution in [0.15, 0.2) is 16.6 Å². The van der Waals surface area contributed by atoms with E-state index in [9.17, 15) is 0 Å². The Labute approximate surface area is 61.8 Å². The summed E-state index contributed by atoms with van der Waals surface area (Å²) in [7, 11) is 0. The van der Waals surface area contributed by atoms with E-state index >= 15 is 0 Å². The largest absolute Gasteiger partial charge is 0.384 e. The summed E-state index contributed by atoms with van der Waals surface area (Å²) in [4.78, 5) is 4.16. The van der Waals surface area contributed by atoms with Crippen molar-refractivity contribution in [1.29, 1.82) is 0 Å². The van der Waals surface area contributed by atoms with Gasteiger partial charge in [-0.05, 0) is 24.8 Å². The van der Waals surface area contributed by atoms with Crippen LogP contribution in [0.5, 0.6) is 0 Å². The maximum Gasteiger partial charge on any atom is 0.121 e. The Morgan fingerprint density at radius 3 is 3.10 bits per heavy atom. The fourth-order valence-electron chi connectivity index (χ4n) is 1.15. The molecule has 1 rings (SSSR count). The Hall–Kier alpha value is -0.790. The molecule has 0 saturated heterocycles. The van der Waals surface area contributed by atoms with Gasteiger partial charge in [0.05, 0.1) is 0 Å². The van der Waals surface area contributed by atoms with Crippen molar-refractivity contribution in [2.75, 3.05) is 6.54 Å². The number of aliphatic imine (C=N–C) groups is 1. The molecule has 1 aliphatic heterocycles. The molecule has 2 heteroatoms. The van der Waals surface area contributed by atoms with Crippen LogP contribution < -0.4 is 5.73 Å². The second-order valence-corrected chi connectivity index (χ2v) is 2.51. The molecule has 2 nitrogen and oxygen atoms in total. The van der Waals surface area contributed by atoms with E-state index in [0.29, 0.717) is 0 Å². The molecule has 0 spiro atoms. The molecule has 0 atom stereocenters. The lowest BCUT2D eigenvalue weighted by Crippen LogP contribution is -2.19. The van der Waals surface area contributed by atoms with Crippen molar-refractivity contribution >= 4 is 5.84 Å². The summed E-state index contributed by atoms with van der Waals surface area (Å²) in [5.41, 5.74) is 6.89. The molecule has 0 amide bonds. The predicted octanol–water partition coefficient (Wildman–Crippen LogP) is 1.47. The third-order valence-electron chi connectivity index (χ3n) is 1.67. The monoisotopic (exact) mass is 138 g/mol. The van der Waals surface area contributed by atoms with Crippen LogP contribution in [0.25, 0.3) is 0 Å². The Morgan fingerprint density at radius 1 is 1.70 bits per heavy atom. The summed E-state index contributed by atoms with van der Waals surface area (Å²) >= 11 is 0. The van der Waals surface area contributed by atoms with Crippen molar-refractivity contribution in [1.82, 2.24) is 0 Å². The first kappa shape index (κ1) is 7.32. The van der Waals surface area contributed by atoms with Crippen molar-refractivity contribution in [2.24, 2.45) is 10.7 Å². The Morgan fingerprint density at radius 2 is 2.50 bits per heavy atom. The van der Waals surface area contributed by atoms with E-state index < -0.39 is 0 Å². The summed E-state index contributed by atoms with van der Waals surface area (Å²) in [6.45, 7) is 3.03. The van der Waals surface area contributed by atoms with Crippen molar-refractivity contribution in [2.45, 2.75) is 26.2 Å². The van der Waals surface area contributed by atoms with Crippen molar-refractivity contribution in [3.8, 4) is 0 Å². The SMILES string of the molecule is CC/C=C1/CCCN=C1N. The van der Waals surface area contributed by atoms with Crippen molar-refractivity contribution in [3.63, 3.8) is 0 Å². The van der Waals surface area contributed by atoms with Crippen molar-refractivity contribution in [3.05, 3.63) is 11.6 Å². The number of hydrogen-bond donors (Lipinski definition) is 1. The number of amidine groups is 1. The van der Waals surface area contributed by atoms with E-state index in [4.69, 9.17) is 5.73 Å². The maximum atomic E-state index is 5.65. The third-order valence-corrected chi connectivity index (χ3v) is 1.67. The molecule has 0 unspecified atom stereocenters. The first-order valence-electron chi connectivity index (χ1n) is 3.84. The first-order chi connectivity index (χ1) is 4.84. The molecular formula is C8H14N2. The zero-order valence-electron chi connectivity index (χ0n) is 6.43. The lowest BCUT2D eigenvalue weighted by atomic mass is 10.1. The highest BCUT2D eigenvalue weighted by molar-refractivity contribution is 5.97. The molecule has 0 saturated carbocycles. The van der Waals surface area contributed by atoms with Crippen LogP contribution in [-0.4, -0.2) is 12.4 Å². The van der Waals surface area contributed by atoms with Gasteiger partial charge in [0.1, 0.15) is 5.84 Å². The number of hydrogen-bond acceptors (Lipinski definition) is 2. The van der Waals surface area contributed by atoms with Crippen LogP contribution in [0.3, 0.4) is 0 Å². The predicted molar refractivity (Wildman–Crippen MR) is 44.1 cm³/mol. The van der Waals surface area contributed by atoms with E-state index in [2.05, 4.69) is 18.0 Å². The molecular weight excluding hydrogens is 124 g/mol. The normalized spacial score (nSPS) is 22.9. The van der Waals surface area contributed by atoms with Gasteiger partial charge in [-0.2, -0.15) is 0 Å². The van der Waals surface area contributed by atoms with Gasteiger partial charge >= 0.3 is 0 Å². The third kappa shape index (κ3) is 1.59. The summed E-state index contributed by atoms with van der Waals surface area (Å²) in [5.74, 6) is 0.758. The first-order valence-corrected chi connectivity index (χ1v) is 3.84. The summed E-state index contributed by atoms with van der Waals surface area (Å²) < 4.78 is 0. The molecule has 0 radical (unpaired) electrons. The second-order valence-electron chi connectivity index (χ2n) is 2.51. The van der Waals surface area contributed by atoms with Crippen LogP contribution in [0.4, 0.5) is 0 Å². The van der Waals surface area contributed by atoms with Crippen LogP contribution in [0.1, 0.15) is 26.2 Å². The maximum absolute atomic E-state index is 5.65. The molecule has 2 N–H and O–H groups in total. The Kier molecular flexibility index (Phi) is 2.49. The van der Waals surface area contributed by atoms with Crippen molar-refractivity contribution < 1.29 is 0 Å². The van der Waals surface area contributed by atoms with Crippen LogP contribution >= 0.6 is 0 Å². The minimum Gasteiger partial charge on any atom is -0.384 e. The number of nitrogens with zero attached hydrogens (tertiary/aromatic N) is 1. The lowest BCUT2D eigenvalue weighted by molar-refractivity contribution is 0.807. The van der Waals surface area contributed by atoms with Gasteiger partial charge in [-0.1, -0.05) is 13.0 Å². The van der Waals surface area contributed by atoms with Gasteiger partial charge in [-0.3, -0.25) is 4.99 Å². The molecule has 0 fully saturated rings. The lowest BCUT2D eigenvalue weighted by Gasteiger charge is -2.11. The van der Waals surface area contributed by atoms with E-state index in [1.807, 2.05) is 0 Å². The molecule has 0 aromatic rings. The zero-order valence-corrected chi connectivity index (χ0v) is 6.43. The molecule has 56 valence electrons. The fraction of sp³-hybridized carbons (Fsp3) is 0.625. The minimum absolute atomic E-state index is 0.758. The average molecular weight is 138 g/mol. The molecule has 0 aromatic carbocycles. The molecule has 0 aromatic heterocycles. The fourth-order valence-corrected chi connectivity index (χ4v) is 1.15. The van der Waals surface area contributed by atoms with Gasteiger partial charge in [0.2, 0.25) is 0 Å². The van der Waals surface area contributed by atoms with E-state index in [1.165, 1.54) is 5.57 Å². The van der Waals surface area contributed by atoms with E-state index in [1.54, 1.807) is 0 Å². The molecule has 1 aliphatic rings. The van der Waals surface area contributed by atoms with E-state index in [-0.39, 0.29) is 0 Å². The quantitative estimate of drug-likeness (QED) is 0.585. The number of allylic oxidation sites excluding steroid dienone is 1. The highest BCUT2D eigenvalue weighted by atomic mass is 14.9. The second kappa shape index (κ2) is 3.40. The molecule has 0 bridgehead atoms. The number of rotatable bonds is 1. The number of nitrogens with two attached hydrogens (primary N) is 1. The standard InChI is InChI=1S/C8H14N2/c1-2-4-7-5-3-6-10-8(7)9/h4H,2-3,5-6H2,1H3,(H2,9,10)/b7-4-. The highest BCUT2D eigenvalue weighted by Crippen LogP contribution is 2.11. The molecule has 10 heavy (non-hydrogen) atoms. The summed E-state index contributed by atoms with van der Waals surface area (Å²) in [6, 6.07) is 0. The Bertz CT molecular complexity index is 168. The van der Waals surface area contributed by atoms with E-state index in [0.717, 1.165) is 31.6 Å². The van der Waals surface area contributed by atoms with Gasteiger partial charge in [-0.15, -0.1) is 0 Å². The van der Waals surface area contributed by atoms with Gasteiger partial charge in [-0.25, -0.2) is 0 Å². The molecule has 0 aliphatic carbocycles. The topological polar surface area (TPSA) is 38.4 Å². The molecule has 1 heterocycles. The average Bonchev–Trinajstić information content (AvgIpc) is 1.94. The highest BCUT2D eigenvalue weighted by Gasteiger charge is 2.05. The minimum atomic E-state index is 0.758. The summed E-state index contributed by atoms with van der Waals surface area (Å²) in [5, 5.41) is 0. The van der Waals surface area contributed by atoms with Gasteiger partial charge < -0.3 is 5.73 Å². The van der Waals surface area contributed by atoms with Gasteiger partial charge in [0, 0.05) is 6.54 Å². The Balaban J connectivity index is 2.67. The summed E-state index contributed by atoms with van der Waals surface area (Å²) in [6.07, 6.45) is 5.50. The van der Waals surface area contributed by atoms with Crippen LogP contribution in [0.2, 0.25) is 0 Å². The van der Waals surface area contributed by atoms with Gasteiger partial charge in [0.15, 0.2) is 0 Å². The zero-order chi connectivity index (χ0) is 7.40.